The van der Waals surface area contributed by atoms with Crippen molar-refractivity contribution in [2.24, 2.45) is 0 Å². The molecule has 0 aliphatic carbocycles. The Labute approximate surface area is 100 Å². The summed E-state index contributed by atoms with van der Waals surface area (Å²) in [5, 5.41) is 8.85. The summed E-state index contributed by atoms with van der Waals surface area (Å²) in [6, 6.07) is 0.259. The van der Waals surface area contributed by atoms with Crippen molar-refractivity contribution in [2.75, 3.05) is 13.2 Å². The van der Waals surface area contributed by atoms with Crippen LogP contribution in [-0.2, 0) is 0 Å². The summed E-state index contributed by atoms with van der Waals surface area (Å²) in [4.78, 5) is 21.8. The van der Waals surface area contributed by atoms with Crippen LogP contribution >= 0.6 is 0 Å². The zero-order chi connectivity index (χ0) is 12.1. The topological polar surface area (TPSA) is 66.3 Å². The Morgan fingerprint density at radius 1 is 1.47 bits per heavy atom. The number of aliphatic hydroxyl groups excluding tert-OH is 1. The molecule has 17 heavy (non-hydrogen) atoms. The van der Waals surface area contributed by atoms with E-state index in [2.05, 4.69) is 9.97 Å². The van der Waals surface area contributed by atoms with Crippen molar-refractivity contribution in [1.29, 1.82) is 0 Å². The number of carbonyl (C=O) groups is 1. The van der Waals surface area contributed by atoms with Crippen molar-refractivity contribution in [2.45, 2.75) is 31.7 Å². The standard InChI is InChI=1S/C12H17N3O2/c16-6-2-4-11-3-1-5-15(11)12(17)10-7-13-9-14-8-10/h7-9,11,16H,1-6H2. The lowest BCUT2D eigenvalue weighted by molar-refractivity contribution is 0.0723. The van der Waals surface area contributed by atoms with E-state index < -0.39 is 0 Å². The molecule has 1 aromatic rings. The lowest BCUT2D eigenvalue weighted by Crippen LogP contribution is -2.35. The van der Waals surface area contributed by atoms with E-state index >= 15 is 0 Å². The molecule has 1 amide bonds. The van der Waals surface area contributed by atoms with E-state index in [1.165, 1.54) is 6.33 Å². The van der Waals surface area contributed by atoms with Crippen molar-refractivity contribution in [3.05, 3.63) is 24.3 Å². The Morgan fingerprint density at radius 3 is 2.94 bits per heavy atom. The summed E-state index contributed by atoms with van der Waals surface area (Å²) < 4.78 is 0. The number of hydrogen-bond acceptors (Lipinski definition) is 4. The summed E-state index contributed by atoms with van der Waals surface area (Å²) in [6.45, 7) is 0.983. The Balaban J connectivity index is 2.03. The average molecular weight is 235 g/mol. The largest absolute Gasteiger partial charge is 0.396 e. The summed E-state index contributed by atoms with van der Waals surface area (Å²) in [7, 11) is 0. The van der Waals surface area contributed by atoms with Gasteiger partial charge in [-0.25, -0.2) is 9.97 Å². The highest BCUT2D eigenvalue weighted by Gasteiger charge is 2.28. The zero-order valence-corrected chi connectivity index (χ0v) is 9.75. The molecule has 1 N–H and O–H groups in total. The number of amides is 1. The van der Waals surface area contributed by atoms with Crippen LogP contribution in [-0.4, -0.2) is 45.1 Å². The quantitative estimate of drug-likeness (QED) is 0.840. The van der Waals surface area contributed by atoms with Crippen LogP contribution in [0.15, 0.2) is 18.7 Å². The highest BCUT2D eigenvalue weighted by atomic mass is 16.3. The van der Waals surface area contributed by atoms with Gasteiger partial charge in [0.2, 0.25) is 0 Å². The first-order valence-electron chi connectivity index (χ1n) is 6.00. The molecule has 1 unspecified atom stereocenters. The summed E-state index contributed by atoms with van der Waals surface area (Å²) in [5.41, 5.74) is 0.545. The first kappa shape index (κ1) is 12.0. The van der Waals surface area contributed by atoms with Crippen molar-refractivity contribution in [3.63, 3.8) is 0 Å². The van der Waals surface area contributed by atoms with Gasteiger partial charge in [-0.1, -0.05) is 0 Å². The fourth-order valence-electron chi connectivity index (χ4n) is 2.31. The van der Waals surface area contributed by atoms with Crippen molar-refractivity contribution < 1.29 is 9.90 Å². The lowest BCUT2D eigenvalue weighted by atomic mass is 10.1. The Morgan fingerprint density at radius 2 is 2.24 bits per heavy atom. The number of likely N-dealkylation sites (tertiary alicyclic amines) is 1. The average Bonchev–Trinajstić information content (AvgIpc) is 2.84. The van der Waals surface area contributed by atoms with E-state index in [-0.39, 0.29) is 18.6 Å². The molecule has 92 valence electrons. The molecule has 2 rings (SSSR count). The minimum absolute atomic E-state index is 0.00559. The van der Waals surface area contributed by atoms with Gasteiger partial charge in [-0.3, -0.25) is 4.79 Å². The minimum atomic E-state index is 0.00559. The molecule has 1 fully saturated rings. The Bertz CT molecular complexity index is 369. The fraction of sp³-hybridized carbons (Fsp3) is 0.583. The van der Waals surface area contributed by atoms with Gasteiger partial charge in [0.1, 0.15) is 6.33 Å². The lowest BCUT2D eigenvalue weighted by Gasteiger charge is -2.24. The van der Waals surface area contributed by atoms with Gasteiger partial charge in [0, 0.05) is 31.6 Å². The maximum absolute atomic E-state index is 12.2. The molecule has 2 heterocycles. The van der Waals surface area contributed by atoms with E-state index in [0.29, 0.717) is 5.56 Å². The van der Waals surface area contributed by atoms with Gasteiger partial charge in [0.05, 0.1) is 5.56 Å². The molecule has 5 nitrogen and oxygen atoms in total. The van der Waals surface area contributed by atoms with E-state index in [0.717, 1.165) is 32.2 Å². The van der Waals surface area contributed by atoms with Gasteiger partial charge in [-0.05, 0) is 25.7 Å². The molecule has 1 aromatic heterocycles. The van der Waals surface area contributed by atoms with Gasteiger partial charge < -0.3 is 10.0 Å². The number of aromatic nitrogens is 2. The van der Waals surface area contributed by atoms with Gasteiger partial charge in [-0.2, -0.15) is 0 Å². The first-order chi connectivity index (χ1) is 8.33. The molecule has 1 aliphatic rings. The molecule has 1 saturated heterocycles. The fourth-order valence-corrected chi connectivity index (χ4v) is 2.31. The van der Waals surface area contributed by atoms with Crippen LogP contribution in [0.25, 0.3) is 0 Å². The van der Waals surface area contributed by atoms with Crippen molar-refractivity contribution >= 4 is 5.91 Å². The van der Waals surface area contributed by atoms with Crippen LogP contribution in [0.2, 0.25) is 0 Å². The molecule has 0 spiro atoms. The van der Waals surface area contributed by atoms with Crippen LogP contribution in [0.1, 0.15) is 36.0 Å². The number of aliphatic hydroxyl groups is 1. The Hall–Kier alpha value is -1.49. The second-order valence-corrected chi connectivity index (χ2v) is 4.29. The third kappa shape index (κ3) is 2.79. The van der Waals surface area contributed by atoms with Crippen molar-refractivity contribution in [1.82, 2.24) is 14.9 Å². The van der Waals surface area contributed by atoms with E-state index in [9.17, 15) is 4.79 Å². The van der Waals surface area contributed by atoms with E-state index in [1.54, 1.807) is 12.4 Å². The monoisotopic (exact) mass is 235 g/mol. The highest BCUT2D eigenvalue weighted by molar-refractivity contribution is 5.93. The van der Waals surface area contributed by atoms with Gasteiger partial charge >= 0.3 is 0 Å². The van der Waals surface area contributed by atoms with Gasteiger partial charge in [0.15, 0.2) is 0 Å². The normalized spacial score (nSPS) is 19.6. The maximum Gasteiger partial charge on any atom is 0.257 e. The maximum atomic E-state index is 12.2. The van der Waals surface area contributed by atoms with E-state index in [1.807, 2.05) is 4.90 Å². The molecular weight excluding hydrogens is 218 g/mol. The second kappa shape index (κ2) is 5.72. The molecular formula is C12H17N3O2. The number of nitrogens with zero attached hydrogens (tertiary/aromatic N) is 3. The molecule has 0 aromatic carbocycles. The summed E-state index contributed by atoms with van der Waals surface area (Å²) in [6.07, 6.45) is 8.21. The van der Waals surface area contributed by atoms with Crippen LogP contribution in [0.5, 0.6) is 0 Å². The van der Waals surface area contributed by atoms with E-state index in [4.69, 9.17) is 5.11 Å². The van der Waals surface area contributed by atoms with Crippen LogP contribution < -0.4 is 0 Å². The number of hydrogen-bond donors (Lipinski definition) is 1. The second-order valence-electron chi connectivity index (χ2n) is 4.29. The summed E-state index contributed by atoms with van der Waals surface area (Å²) in [5.74, 6) is 0.00559. The first-order valence-corrected chi connectivity index (χ1v) is 6.00. The number of rotatable bonds is 4. The smallest absolute Gasteiger partial charge is 0.257 e. The number of carbonyl (C=O) groups excluding carboxylic acids is 1. The Kier molecular flexibility index (Phi) is 4.03. The predicted octanol–water partition coefficient (Wildman–Crippen LogP) is 0.854. The van der Waals surface area contributed by atoms with Crippen molar-refractivity contribution in [3.8, 4) is 0 Å². The van der Waals surface area contributed by atoms with Crippen LogP contribution in [0.4, 0.5) is 0 Å². The zero-order valence-electron chi connectivity index (χ0n) is 9.75. The molecule has 1 aliphatic heterocycles. The molecule has 1 atom stereocenters. The van der Waals surface area contributed by atoms with Crippen LogP contribution in [0.3, 0.4) is 0 Å². The SMILES string of the molecule is O=C(c1cncnc1)N1CCCC1CCCO. The molecule has 0 saturated carbocycles. The van der Waals surface area contributed by atoms with Gasteiger partial charge in [-0.15, -0.1) is 0 Å². The van der Waals surface area contributed by atoms with Gasteiger partial charge in [0.25, 0.3) is 5.91 Å². The molecule has 5 heteroatoms. The molecule has 0 radical (unpaired) electrons. The minimum Gasteiger partial charge on any atom is -0.396 e. The highest BCUT2D eigenvalue weighted by Crippen LogP contribution is 2.23. The third-order valence-corrected chi connectivity index (χ3v) is 3.14. The summed E-state index contributed by atoms with van der Waals surface area (Å²) >= 11 is 0. The predicted molar refractivity (Wildman–Crippen MR) is 62.4 cm³/mol. The van der Waals surface area contributed by atoms with Crippen LogP contribution in [0, 0.1) is 0 Å². The third-order valence-electron chi connectivity index (χ3n) is 3.14. The molecule has 0 bridgehead atoms.